The van der Waals surface area contributed by atoms with Crippen LogP contribution in [0.1, 0.15) is 0 Å². The van der Waals surface area contributed by atoms with Gasteiger partial charge in [-0.3, -0.25) is 0 Å². The lowest BCUT2D eigenvalue weighted by Gasteiger charge is -2.14. The summed E-state index contributed by atoms with van der Waals surface area (Å²) in [4.78, 5) is 22.3. The van der Waals surface area contributed by atoms with Gasteiger partial charge in [0.2, 0.25) is 0 Å². The van der Waals surface area contributed by atoms with E-state index in [9.17, 15) is 9.59 Å². The van der Waals surface area contributed by atoms with Gasteiger partial charge in [-0.1, -0.05) is 61.9 Å². The van der Waals surface area contributed by atoms with Crippen LogP contribution in [0.3, 0.4) is 0 Å². The van der Waals surface area contributed by atoms with Gasteiger partial charge in [0.15, 0.2) is 0 Å². The molecule has 0 radical (unpaired) electrons. The summed E-state index contributed by atoms with van der Waals surface area (Å²) in [6.07, 6.45) is 18.0. The molecule has 1 rings (SSSR count). The van der Waals surface area contributed by atoms with Gasteiger partial charge in [0.25, 0.3) is 0 Å². The van der Waals surface area contributed by atoms with Gasteiger partial charge in [-0.2, -0.15) is 0 Å². The second kappa shape index (κ2) is 13.0. The van der Waals surface area contributed by atoms with Crippen molar-refractivity contribution in [3.63, 3.8) is 0 Å². The van der Waals surface area contributed by atoms with Crippen LogP contribution >= 0.6 is 0 Å². The molecule has 0 atom stereocenters. The maximum atomic E-state index is 11.4. The summed E-state index contributed by atoms with van der Waals surface area (Å²) in [6.45, 7) is 7.15. The molecule has 0 aromatic carbocycles. The molecule has 0 aromatic heterocycles. The maximum Gasteiger partial charge on any atom is 0.336 e. The minimum Gasteiger partial charge on any atom is -0.463 e. The number of esters is 2. The van der Waals surface area contributed by atoms with E-state index in [1.165, 1.54) is 18.2 Å². The van der Waals surface area contributed by atoms with Crippen molar-refractivity contribution in [2.24, 2.45) is 0 Å². The van der Waals surface area contributed by atoms with Gasteiger partial charge in [0.05, 0.1) is 6.61 Å². The average Bonchev–Trinajstić information content (AvgIpc) is 3.03. The molecule has 0 N–H and O–H groups in total. The smallest absolute Gasteiger partial charge is 0.336 e. The Morgan fingerprint density at radius 2 is 1.71 bits per heavy atom. The Balaban J connectivity index is 2.24. The van der Waals surface area contributed by atoms with Crippen molar-refractivity contribution in [3.05, 3.63) is 72.6 Å². The fraction of sp³-hybridized carbons (Fsp3) is 0.217. The summed E-state index contributed by atoms with van der Waals surface area (Å²) in [6, 6.07) is 0.949. The van der Waals surface area contributed by atoms with Crippen molar-refractivity contribution >= 4 is 20.0 Å². The molecule has 0 aliphatic carbocycles. The predicted octanol–water partition coefficient (Wildman–Crippen LogP) is 4.10. The van der Waals surface area contributed by atoms with Crippen LogP contribution in [0.5, 0.6) is 0 Å². The number of carbonyl (C=O) groups is 2. The Kier molecular flexibility index (Phi) is 10.5. The molecule has 144 valence electrons. The van der Waals surface area contributed by atoms with E-state index in [1.54, 1.807) is 36.5 Å². The molecule has 1 aliphatic rings. The fourth-order valence-electron chi connectivity index (χ4n) is 1.64. The lowest BCUT2D eigenvalue weighted by Crippen LogP contribution is -2.22. The summed E-state index contributed by atoms with van der Waals surface area (Å²) in [5.74, 6) is 10.5. The lowest BCUT2D eigenvalue weighted by molar-refractivity contribution is -0.137. The third-order valence-electron chi connectivity index (χ3n) is 3.09. The summed E-state index contributed by atoms with van der Waals surface area (Å²) < 4.78 is 9.97. The minimum absolute atomic E-state index is 0.354. The zero-order chi connectivity index (χ0) is 20.7. The number of carbonyl (C=O) groups excluding carboxylic acids is 2. The van der Waals surface area contributed by atoms with Gasteiger partial charge < -0.3 is 9.47 Å². The first-order chi connectivity index (χ1) is 13.4. The molecule has 0 amide bonds. The number of rotatable bonds is 7. The van der Waals surface area contributed by atoms with Gasteiger partial charge in [0.1, 0.15) is 5.76 Å². The Hall–Kier alpha value is -3.28. The maximum absolute atomic E-state index is 11.4. The minimum atomic E-state index is -1.19. The first-order valence-corrected chi connectivity index (χ1v) is 12.5. The van der Waals surface area contributed by atoms with E-state index in [-0.39, 0.29) is 11.9 Å². The van der Waals surface area contributed by atoms with E-state index in [2.05, 4.69) is 43.3 Å². The van der Waals surface area contributed by atoms with E-state index in [0.717, 1.165) is 6.04 Å². The average molecular weight is 393 g/mol. The quantitative estimate of drug-likeness (QED) is 0.215. The molecule has 0 fully saturated rings. The molecule has 4 nitrogen and oxygen atoms in total. The molecule has 1 heterocycles. The number of cyclic esters (lactones) is 1. The highest BCUT2D eigenvalue weighted by Crippen LogP contribution is 2.08. The standard InChI is InChI=1S/C23H24O4Si/c1-28(2,3)20-19-26-22(24)16-14-12-10-8-6-4-5-7-9-11-13-15-21-17-18-23(25)27-21/h4-5,7,9,11,13-18H,19-20H2,1-3H3/b5-4+,9-7+,13-11+,16-14+,21-15-. The van der Waals surface area contributed by atoms with Crippen LogP contribution in [0.25, 0.3) is 0 Å². The van der Waals surface area contributed by atoms with Crippen molar-refractivity contribution < 1.29 is 19.1 Å². The van der Waals surface area contributed by atoms with Gasteiger partial charge in [0, 0.05) is 20.2 Å². The molecule has 0 spiro atoms. The van der Waals surface area contributed by atoms with Crippen LogP contribution in [-0.4, -0.2) is 26.6 Å². The van der Waals surface area contributed by atoms with Crippen LogP contribution < -0.4 is 0 Å². The highest BCUT2D eigenvalue weighted by molar-refractivity contribution is 6.76. The third-order valence-corrected chi connectivity index (χ3v) is 4.80. The van der Waals surface area contributed by atoms with Crippen molar-refractivity contribution in [2.45, 2.75) is 25.7 Å². The van der Waals surface area contributed by atoms with E-state index in [0.29, 0.717) is 12.4 Å². The molecule has 1 aliphatic heterocycles. The Labute approximate surface area is 168 Å². The molecular weight excluding hydrogens is 368 g/mol. The Morgan fingerprint density at radius 3 is 2.39 bits per heavy atom. The molecular formula is C23H24O4Si. The van der Waals surface area contributed by atoms with Crippen LogP contribution in [0.2, 0.25) is 25.7 Å². The van der Waals surface area contributed by atoms with Crippen molar-refractivity contribution in [3.8, 4) is 23.7 Å². The van der Waals surface area contributed by atoms with Gasteiger partial charge in [-0.15, -0.1) is 0 Å². The highest BCUT2D eigenvalue weighted by Gasteiger charge is 2.12. The summed E-state index contributed by atoms with van der Waals surface area (Å²) in [7, 11) is -1.19. The number of hydrogen-bond donors (Lipinski definition) is 0. The van der Waals surface area contributed by atoms with Gasteiger partial charge >= 0.3 is 11.9 Å². The van der Waals surface area contributed by atoms with Crippen LogP contribution in [0, 0.1) is 23.7 Å². The fourth-order valence-corrected chi connectivity index (χ4v) is 2.36. The predicted molar refractivity (Wildman–Crippen MR) is 115 cm³/mol. The van der Waals surface area contributed by atoms with Gasteiger partial charge in [-0.05, 0) is 42.2 Å². The monoisotopic (exact) mass is 392 g/mol. The van der Waals surface area contributed by atoms with E-state index >= 15 is 0 Å². The molecule has 5 heteroatoms. The second-order valence-corrected chi connectivity index (χ2v) is 12.4. The highest BCUT2D eigenvalue weighted by atomic mass is 28.3. The summed E-state index contributed by atoms with van der Waals surface area (Å²) in [5, 5.41) is 0. The largest absolute Gasteiger partial charge is 0.463 e. The van der Waals surface area contributed by atoms with E-state index in [4.69, 9.17) is 9.47 Å². The third kappa shape index (κ3) is 13.0. The molecule has 0 saturated carbocycles. The summed E-state index contributed by atoms with van der Waals surface area (Å²) >= 11 is 0. The topological polar surface area (TPSA) is 52.6 Å². The van der Waals surface area contributed by atoms with Crippen molar-refractivity contribution in [2.75, 3.05) is 6.61 Å². The second-order valence-electron chi connectivity index (χ2n) is 6.80. The normalized spacial score (nSPS) is 15.2. The zero-order valence-corrected chi connectivity index (χ0v) is 17.4. The van der Waals surface area contributed by atoms with Crippen LogP contribution in [0.15, 0.2) is 72.6 Å². The first-order valence-electron chi connectivity index (χ1n) is 8.81. The lowest BCUT2D eigenvalue weighted by atomic mass is 10.3. The summed E-state index contributed by atoms with van der Waals surface area (Å²) in [5.41, 5.74) is 0. The molecule has 28 heavy (non-hydrogen) atoms. The Bertz CT molecular complexity index is 854. The van der Waals surface area contributed by atoms with E-state index < -0.39 is 8.07 Å². The number of hydrogen-bond acceptors (Lipinski definition) is 4. The van der Waals surface area contributed by atoms with Crippen LogP contribution in [0.4, 0.5) is 0 Å². The van der Waals surface area contributed by atoms with Gasteiger partial charge in [-0.25, -0.2) is 9.59 Å². The molecule has 0 saturated heterocycles. The van der Waals surface area contributed by atoms with Crippen molar-refractivity contribution in [1.82, 2.24) is 0 Å². The van der Waals surface area contributed by atoms with E-state index in [1.807, 2.05) is 12.2 Å². The first kappa shape index (κ1) is 22.8. The molecule has 0 bridgehead atoms. The molecule has 0 unspecified atom stereocenters. The number of ether oxygens (including phenoxy) is 2. The Morgan fingerprint density at radius 1 is 1.04 bits per heavy atom. The zero-order valence-electron chi connectivity index (χ0n) is 16.4. The number of allylic oxidation sites excluding steroid dienone is 9. The SMILES string of the molecule is C[Si](C)(C)CCOC(=O)/C=C/C#CC#C/C=C/C=C/C=C/C=C1/C=CC(=O)O1. The van der Waals surface area contributed by atoms with Crippen LogP contribution in [-0.2, 0) is 19.1 Å². The molecule has 0 aromatic rings. The van der Waals surface area contributed by atoms with Crippen molar-refractivity contribution in [1.29, 1.82) is 0 Å².